The summed E-state index contributed by atoms with van der Waals surface area (Å²) >= 11 is 0. The fourth-order valence-corrected chi connectivity index (χ4v) is 1.35. The van der Waals surface area contributed by atoms with Gasteiger partial charge < -0.3 is 15.5 Å². The van der Waals surface area contributed by atoms with Gasteiger partial charge in [0.25, 0.3) is 0 Å². The van der Waals surface area contributed by atoms with E-state index in [2.05, 4.69) is 10.3 Å². The highest BCUT2D eigenvalue weighted by atomic mass is 16.3. The molecule has 0 aliphatic carbocycles. The Labute approximate surface area is 107 Å². The van der Waals surface area contributed by atoms with Crippen molar-refractivity contribution in [1.29, 1.82) is 0 Å². The number of Topliss-reactive ketones (excluding diaryl/α,β-unsaturated/α-hetero) is 1. The molecular weight excluding hydrogens is 232 g/mol. The standard InChI is InChI=1S/C13H20N2O3/c1-13(2,3)12(18)9-4-5-11(14-6-9)15-7-10(17)8-16/h4-6,10,16-17H,7-8H2,1-3H3,(H,14,15)/t10-/m1/s1. The van der Waals surface area contributed by atoms with Crippen LogP contribution in [0.1, 0.15) is 31.1 Å². The van der Waals surface area contributed by atoms with Crippen molar-refractivity contribution < 1.29 is 15.0 Å². The van der Waals surface area contributed by atoms with Crippen molar-refractivity contribution in [2.45, 2.75) is 26.9 Å². The maximum Gasteiger partial charge on any atom is 0.169 e. The molecule has 0 aliphatic heterocycles. The number of nitrogens with one attached hydrogen (secondary N) is 1. The number of ketones is 1. The van der Waals surface area contributed by atoms with Crippen molar-refractivity contribution in [2.75, 3.05) is 18.5 Å². The van der Waals surface area contributed by atoms with Crippen LogP contribution in [-0.4, -0.2) is 40.2 Å². The predicted molar refractivity (Wildman–Crippen MR) is 69.6 cm³/mol. The Morgan fingerprint density at radius 3 is 2.56 bits per heavy atom. The molecular formula is C13H20N2O3. The van der Waals surface area contributed by atoms with E-state index in [9.17, 15) is 9.90 Å². The van der Waals surface area contributed by atoms with Gasteiger partial charge in [-0.15, -0.1) is 0 Å². The number of nitrogens with zero attached hydrogens (tertiary/aromatic N) is 1. The predicted octanol–water partition coefficient (Wildman–Crippen LogP) is 1.08. The Morgan fingerprint density at radius 1 is 1.44 bits per heavy atom. The van der Waals surface area contributed by atoms with E-state index >= 15 is 0 Å². The molecule has 1 atom stereocenters. The topological polar surface area (TPSA) is 82.5 Å². The fraction of sp³-hybridized carbons (Fsp3) is 0.538. The first-order valence-electron chi connectivity index (χ1n) is 5.88. The van der Waals surface area contributed by atoms with E-state index in [1.165, 1.54) is 6.20 Å². The number of carbonyl (C=O) groups excluding carboxylic acids is 1. The first-order chi connectivity index (χ1) is 8.34. The molecule has 0 spiro atoms. The van der Waals surface area contributed by atoms with Crippen LogP contribution in [0.4, 0.5) is 5.82 Å². The fourth-order valence-electron chi connectivity index (χ4n) is 1.35. The van der Waals surface area contributed by atoms with E-state index in [0.29, 0.717) is 11.4 Å². The summed E-state index contributed by atoms with van der Waals surface area (Å²) < 4.78 is 0. The Hall–Kier alpha value is -1.46. The average molecular weight is 252 g/mol. The van der Waals surface area contributed by atoms with Gasteiger partial charge in [-0.05, 0) is 12.1 Å². The summed E-state index contributed by atoms with van der Waals surface area (Å²) in [7, 11) is 0. The van der Waals surface area contributed by atoms with E-state index in [1.54, 1.807) is 12.1 Å². The van der Waals surface area contributed by atoms with Crippen molar-refractivity contribution in [3.05, 3.63) is 23.9 Å². The second kappa shape index (κ2) is 5.93. The lowest BCUT2D eigenvalue weighted by molar-refractivity contribution is 0.0858. The summed E-state index contributed by atoms with van der Waals surface area (Å²) in [6, 6.07) is 3.39. The first kappa shape index (κ1) is 14.6. The molecule has 0 radical (unpaired) electrons. The second-order valence-electron chi connectivity index (χ2n) is 5.23. The molecule has 18 heavy (non-hydrogen) atoms. The first-order valence-corrected chi connectivity index (χ1v) is 5.88. The van der Waals surface area contributed by atoms with Gasteiger partial charge in [0, 0.05) is 23.7 Å². The molecule has 1 aromatic heterocycles. The van der Waals surface area contributed by atoms with Crippen LogP contribution < -0.4 is 5.32 Å². The van der Waals surface area contributed by atoms with Gasteiger partial charge in [-0.3, -0.25) is 4.79 Å². The summed E-state index contributed by atoms with van der Waals surface area (Å²) in [6.07, 6.45) is 0.698. The lowest BCUT2D eigenvalue weighted by atomic mass is 9.87. The number of hydrogen-bond acceptors (Lipinski definition) is 5. The number of rotatable bonds is 5. The quantitative estimate of drug-likeness (QED) is 0.683. The van der Waals surface area contributed by atoms with Gasteiger partial charge in [0.15, 0.2) is 5.78 Å². The molecule has 1 aromatic rings. The Bertz CT molecular complexity index is 396. The molecule has 0 amide bonds. The van der Waals surface area contributed by atoms with Crippen LogP contribution in [0.15, 0.2) is 18.3 Å². The van der Waals surface area contributed by atoms with E-state index in [-0.39, 0.29) is 18.9 Å². The van der Waals surface area contributed by atoms with Crippen LogP contribution in [0.25, 0.3) is 0 Å². The third-order valence-electron chi connectivity index (χ3n) is 2.44. The molecule has 5 heteroatoms. The lowest BCUT2D eigenvalue weighted by Gasteiger charge is -2.16. The molecule has 0 aliphatic rings. The molecule has 0 aromatic carbocycles. The minimum Gasteiger partial charge on any atom is -0.394 e. The van der Waals surface area contributed by atoms with E-state index in [1.807, 2.05) is 20.8 Å². The van der Waals surface area contributed by atoms with Crippen LogP contribution >= 0.6 is 0 Å². The molecule has 3 N–H and O–H groups in total. The number of carbonyl (C=O) groups is 1. The van der Waals surface area contributed by atoms with Crippen molar-refractivity contribution in [3.63, 3.8) is 0 Å². The van der Waals surface area contributed by atoms with Crippen molar-refractivity contribution in [1.82, 2.24) is 4.98 Å². The minimum atomic E-state index is -0.817. The number of aliphatic hydroxyl groups excluding tert-OH is 2. The zero-order chi connectivity index (χ0) is 13.8. The van der Waals surface area contributed by atoms with Gasteiger partial charge in [-0.1, -0.05) is 20.8 Å². The van der Waals surface area contributed by atoms with E-state index in [4.69, 9.17) is 5.11 Å². The highest BCUT2D eigenvalue weighted by Gasteiger charge is 2.22. The average Bonchev–Trinajstić information content (AvgIpc) is 2.34. The smallest absolute Gasteiger partial charge is 0.169 e. The Balaban J connectivity index is 2.66. The molecule has 0 bridgehead atoms. The number of aromatic nitrogens is 1. The van der Waals surface area contributed by atoms with Crippen molar-refractivity contribution in [2.24, 2.45) is 5.41 Å². The third-order valence-corrected chi connectivity index (χ3v) is 2.44. The summed E-state index contributed by atoms with van der Waals surface area (Å²) in [6.45, 7) is 5.50. The van der Waals surface area contributed by atoms with Crippen LogP contribution in [-0.2, 0) is 0 Å². The van der Waals surface area contributed by atoms with Gasteiger partial charge in [-0.25, -0.2) is 4.98 Å². The minimum absolute atomic E-state index is 0.0388. The number of hydrogen-bond donors (Lipinski definition) is 3. The highest BCUT2D eigenvalue weighted by molar-refractivity contribution is 5.99. The molecule has 0 saturated carbocycles. The zero-order valence-electron chi connectivity index (χ0n) is 11.0. The van der Waals surface area contributed by atoms with Crippen LogP contribution in [0.5, 0.6) is 0 Å². The number of anilines is 1. The van der Waals surface area contributed by atoms with Crippen molar-refractivity contribution in [3.8, 4) is 0 Å². The summed E-state index contributed by atoms with van der Waals surface area (Å²) in [5.74, 6) is 0.602. The van der Waals surface area contributed by atoms with Crippen LogP contribution in [0, 0.1) is 5.41 Å². The van der Waals surface area contributed by atoms with Gasteiger partial charge in [-0.2, -0.15) is 0 Å². The molecule has 1 rings (SSSR count). The maximum absolute atomic E-state index is 12.0. The van der Waals surface area contributed by atoms with Gasteiger partial charge in [0.05, 0.1) is 12.7 Å². The summed E-state index contributed by atoms with van der Waals surface area (Å²) in [5, 5.41) is 20.7. The lowest BCUT2D eigenvalue weighted by Crippen LogP contribution is -2.23. The monoisotopic (exact) mass is 252 g/mol. The van der Waals surface area contributed by atoms with Crippen LogP contribution in [0.3, 0.4) is 0 Å². The summed E-state index contributed by atoms with van der Waals surface area (Å²) in [4.78, 5) is 16.1. The van der Waals surface area contributed by atoms with Gasteiger partial charge in [0.1, 0.15) is 5.82 Å². The molecule has 5 nitrogen and oxygen atoms in total. The van der Waals surface area contributed by atoms with Crippen LogP contribution in [0.2, 0.25) is 0 Å². The highest BCUT2D eigenvalue weighted by Crippen LogP contribution is 2.20. The van der Waals surface area contributed by atoms with Gasteiger partial charge >= 0.3 is 0 Å². The molecule has 0 saturated heterocycles. The molecule has 100 valence electrons. The number of aliphatic hydroxyl groups is 2. The van der Waals surface area contributed by atoms with Crippen molar-refractivity contribution >= 4 is 11.6 Å². The summed E-state index contributed by atoms with van der Waals surface area (Å²) in [5.41, 5.74) is 0.139. The Morgan fingerprint density at radius 2 is 2.11 bits per heavy atom. The van der Waals surface area contributed by atoms with E-state index < -0.39 is 11.5 Å². The second-order valence-corrected chi connectivity index (χ2v) is 5.23. The number of pyridine rings is 1. The van der Waals surface area contributed by atoms with E-state index in [0.717, 1.165) is 0 Å². The van der Waals surface area contributed by atoms with Gasteiger partial charge in [0.2, 0.25) is 0 Å². The zero-order valence-corrected chi connectivity index (χ0v) is 11.0. The Kier molecular flexibility index (Phi) is 4.81. The molecule has 0 unspecified atom stereocenters. The SMILES string of the molecule is CC(C)(C)C(=O)c1ccc(NC[C@@H](O)CO)nc1. The third kappa shape index (κ3) is 4.09. The normalized spacial score (nSPS) is 13.2. The maximum atomic E-state index is 12.0. The largest absolute Gasteiger partial charge is 0.394 e. The molecule has 1 heterocycles. The molecule has 0 fully saturated rings.